The van der Waals surface area contributed by atoms with Gasteiger partial charge in [-0.15, -0.1) is 0 Å². The first kappa shape index (κ1) is 14.2. The molecule has 0 spiro atoms. The van der Waals surface area contributed by atoms with E-state index in [1.54, 1.807) is 6.92 Å². The zero-order valence-electron chi connectivity index (χ0n) is 10.6. The maximum absolute atomic E-state index is 13.9. The molecule has 3 N–H and O–H groups in total. The minimum Gasteiger partial charge on any atom is -0.398 e. The van der Waals surface area contributed by atoms with E-state index in [9.17, 15) is 17.9 Å². The average molecular weight is 288 g/mol. The molecule has 0 amide bonds. The van der Waals surface area contributed by atoms with Crippen LogP contribution < -0.4 is 5.73 Å². The molecule has 0 bridgehead atoms. The number of benzene rings is 1. The van der Waals surface area contributed by atoms with Crippen molar-refractivity contribution in [3.8, 4) is 0 Å². The Labute approximate surface area is 111 Å². The highest BCUT2D eigenvalue weighted by Gasteiger charge is 2.31. The number of β-amino-alcohol motifs (C(OH)–C–C–N with tert-alkyl or cyclic N) is 1. The number of aryl methyl sites for hydroxylation is 1. The maximum atomic E-state index is 13.9. The van der Waals surface area contributed by atoms with Crippen LogP contribution in [0.4, 0.5) is 10.1 Å². The number of nitrogens with zero attached hydrogens (tertiary/aromatic N) is 1. The first-order valence-electron chi connectivity index (χ1n) is 6.06. The fraction of sp³-hybridized carbons (Fsp3) is 0.500. The normalized spacial score (nSPS) is 21.5. The Morgan fingerprint density at radius 3 is 2.79 bits per heavy atom. The molecule has 0 aromatic heterocycles. The summed E-state index contributed by atoms with van der Waals surface area (Å²) >= 11 is 0. The van der Waals surface area contributed by atoms with E-state index in [1.807, 2.05) is 0 Å². The highest BCUT2D eigenvalue weighted by Crippen LogP contribution is 2.26. The van der Waals surface area contributed by atoms with Crippen molar-refractivity contribution >= 4 is 15.7 Å². The summed E-state index contributed by atoms with van der Waals surface area (Å²) in [5, 5.41) is 9.53. The van der Waals surface area contributed by atoms with Crippen molar-refractivity contribution in [3.05, 3.63) is 23.5 Å². The van der Waals surface area contributed by atoms with Crippen LogP contribution in [0.3, 0.4) is 0 Å². The summed E-state index contributed by atoms with van der Waals surface area (Å²) in [6.07, 6.45) is 0.419. The number of rotatable bonds is 2. The Kier molecular flexibility index (Phi) is 3.80. The van der Waals surface area contributed by atoms with Crippen LogP contribution in [-0.4, -0.2) is 37.0 Å². The molecule has 0 aliphatic carbocycles. The van der Waals surface area contributed by atoms with Crippen molar-refractivity contribution in [1.82, 2.24) is 4.31 Å². The summed E-state index contributed by atoms with van der Waals surface area (Å²) in [7, 11) is -3.95. The number of anilines is 1. The summed E-state index contributed by atoms with van der Waals surface area (Å²) in [5.74, 6) is -0.813. The monoisotopic (exact) mass is 288 g/mol. The van der Waals surface area contributed by atoms with E-state index in [-0.39, 0.29) is 18.8 Å². The fourth-order valence-corrected chi connectivity index (χ4v) is 3.74. The van der Waals surface area contributed by atoms with Crippen molar-refractivity contribution in [3.63, 3.8) is 0 Å². The highest BCUT2D eigenvalue weighted by molar-refractivity contribution is 7.89. The Morgan fingerprint density at radius 2 is 2.16 bits per heavy atom. The topological polar surface area (TPSA) is 83.6 Å². The smallest absolute Gasteiger partial charge is 0.246 e. The van der Waals surface area contributed by atoms with Gasteiger partial charge in [-0.1, -0.05) is 0 Å². The molecule has 1 saturated heterocycles. The molecular formula is C12H17FN2O3S. The SMILES string of the molecule is Cc1cc(F)c(S(=O)(=O)N2CCCC(O)C2)cc1N. The largest absolute Gasteiger partial charge is 0.398 e. The molecular weight excluding hydrogens is 271 g/mol. The first-order chi connectivity index (χ1) is 8.82. The number of aliphatic hydroxyl groups is 1. The number of hydrogen-bond donors (Lipinski definition) is 2. The third kappa shape index (κ3) is 2.72. The van der Waals surface area contributed by atoms with Gasteiger partial charge in [-0.05, 0) is 37.5 Å². The van der Waals surface area contributed by atoms with Gasteiger partial charge >= 0.3 is 0 Å². The molecule has 1 aromatic carbocycles. The van der Waals surface area contributed by atoms with Crippen molar-refractivity contribution in [2.24, 2.45) is 0 Å². The minimum absolute atomic E-state index is 0.00441. The van der Waals surface area contributed by atoms with Gasteiger partial charge in [-0.25, -0.2) is 12.8 Å². The second kappa shape index (κ2) is 5.07. The molecule has 0 saturated carbocycles. The van der Waals surface area contributed by atoms with E-state index in [4.69, 9.17) is 5.73 Å². The van der Waals surface area contributed by atoms with E-state index in [0.29, 0.717) is 18.4 Å². The summed E-state index contributed by atoms with van der Waals surface area (Å²) in [6.45, 7) is 1.89. The second-order valence-corrected chi connectivity index (χ2v) is 6.70. The second-order valence-electron chi connectivity index (χ2n) is 4.80. The van der Waals surface area contributed by atoms with Crippen molar-refractivity contribution < 1.29 is 17.9 Å². The van der Waals surface area contributed by atoms with Crippen LogP contribution in [0.2, 0.25) is 0 Å². The third-order valence-corrected chi connectivity index (χ3v) is 5.18. The Bertz CT molecular complexity index is 589. The van der Waals surface area contributed by atoms with Gasteiger partial charge in [0, 0.05) is 18.8 Å². The maximum Gasteiger partial charge on any atom is 0.246 e. The van der Waals surface area contributed by atoms with Crippen LogP contribution in [0.15, 0.2) is 17.0 Å². The number of sulfonamides is 1. The lowest BCUT2D eigenvalue weighted by atomic mass is 10.1. The lowest BCUT2D eigenvalue weighted by molar-refractivity contribution is 0.108. The van der Waals surface area contributed by atoms with Gasteiger partial charge in [0.05, 0.1) is 6.10 Å². The predicted molar refractivity (Wildman–Crippen MR) is 69.5 cm³/mol. The van der Waals surface area contributed by atoms with Crippen molar-refractivity contribution in [2.45, 2.75) is 30.8 Å². The van der Waals surface area contributed by atoms with Gasteiger partial charge in [-0.3, -0.25) is 0 Å². The number of halogens is 1. The molecule has 1 heterocycles. The Balaban J connectivity index is 2.42. The van der Waals surface area contributed by atoms with Gasteiger partial charge in [0.2, 0.25) is 10.0 Å². The average Bonchev–Trinajstić information content (AvgIpc) is 2.33. The van der Waals surface area contributed by atoms with E-state index >= 15 is 0 Å². The zero-order valence-corrected chi connectivity index (χ0v) is 11.5. The summed E-state index contributed by atoms with van der Waals surface area (Å²) in [4.78, 5) is -0.426. The lowest BCUT2D eigenvalue weighted by Crippen LogP contribution is -2.42. The van der Waals surface area contributed by atoms with E-state index in [2.05, 4.69) is 0 Å². The molecule has 1 aliphatic rings. The van der Waals surface area contributed by atoms with Crippen LogP contribution >= 0.6 is 0 Å². The van der Waals surface area contributed by atoms with Gasteiger partial charge in [0.15, 0.2) is 0 Å². The standard InChI is InChI=1S/C12H17FN2O3S/c1-8-5-10(13)12(6-11(8)14)19(17,18)15-4-2-3-9(16)7-15/h5-6,9,16H,2-4,7,14H2,1H3. The minimum atomic E-state index is -3.95. The van der Waals surface area contributed by atoms with Gasteiger partial charge < -0.3 is 10.8 Å². The molecule has 19 heavy (non-hydrogen) atoms. The molecule has 0 radical (unpaired) electrons. The molecule has 1 atom stereocenters. The molecule has 2 rings (SSSR count). The van der Waals surface area contributed by atoms with E-state index in [1.165, 1.54) is 0 Å². The summed E-state index contributed by atoms with van der Waals surface area (Å²) in [6, 6.07) is 2.25. The molecule has 1 fully saturated rings. The molecule has 7 heteroatoms. The Morgan fingerprint density at radius 1 is 1.47 bits per heavy atom. The quantitative estimate of drug-likeness (QED) is 0.791. The first-order valence-corrected chi connectivity index (χ1v) is 7.50. The zero-order chi connectivity index (χ0) is 14.2. The molecule has 1 aromatic rings. The molecule has 5 nitrogen and oxygen atoms in total. The van der Waals surface area contributed by atoms with Crippen molar-refractivity contribution in [2.75, 3.05) is 18.8 Å². The number of aliphatic hydroxyl groups excluding tert-OH is 1. The molecule has 1 aliphatic heterocycles. The predicted octanol–water partition coefficient (Wildman–Crippen LogP) is 0.862. The van der Waals surface area contributed by atoms with Crippen LogP contribution in [0.1, 0.15) is 18.4 Å². The van der Waals surface area contributed by atoms with Crippen LogP contribution in [-0.2, 0) is 10.0 Å². The fourth-order valence-electron chi connectivity index (χ4n) is 2.14. The third-order valence-electron chi connectivity index (χ3n) is 3.30. The highest BCUT2D eigenvalue weighted by atomic mass is 32.2. The van der Waals surface area contributed by atoms with E-state index in [0.717, 1.165) is 16.4 Å². The Hall–Kier alpha value is -1.18. The number of nitrogen functional groups attached to an aromatic ring is 1. The lowest BCUT2D eigenvalue weighted by Gasteiger charge is -2.29. The van der Waals surface area contributed by atoms with Gasteiger partial charge in [0.25, 0.3) is 0 Å². The number of hydrogen-bond acceptors (Lipinski definition) is 4. The van der Waals surface area contributed by atoms with E-state index < -0.39 is 26.8 Å². The summed E-state index contributed by atoms with van der Waals surface area (Å²) < 4.78 is 39.6. The van der Waals surface area contributed by atoms with Gasteiger partial charge in [-0.2, -0.15) is 4.31 Å². The molecule has 106 valence electrons. The number of piperidine rings is 1. The van der Waals surface area contributed by atoms with Crippen LogP contribution in [0.25, 0.3) is 0 Å². The van der Waals surface area contributed by atoms with Crippen LogP contribution in [0.5, 0.6) is 0 Å². The van der Waals surface area contributed by atoms with Crippen LogP contribution in [0, 0.1) is 12.7 Å². The molecule has 1 unspecified atom stereocenters. The number of nitrogens with two attached hydrogens (primary N) is 1. The van der Waals surface area contributed by atoms with Gasteiger partial charge in [0.1, 0.15) is 10.7 Å². The van der Waals surface area contributed by atoms with Crippen molar-refractivity contribution in [1.29, 1.82) is 0 Å². The summed E-state index contributed by atoms with van der Waals surface area (Å²) in [5.41, 5.74) is 6.37.